The Balaban J connectivity index is 0.00000836. The predicted octanol–water partition coefficient (Wildman–Crippen LogP) is 25.7. The average molecular weight is 1470 g/mol. The van der Waals surface area contributed by atoms with Crippen LogP contribution < -0.4 is 14.5 Å². The van der Waals surface area contributed by atoms with Crippen molar-refractivity contribution in [3.63, 3.8) is 0 Å². The third-order valence-corrected chi connectivity index (χ3v) is 19.7. The first kappa shape index (κ1) is 66.5. The fraction of sp³-hybridized carbons (Fsp3) is 0.217. The molecule has 0 saturated heterocycles. The van der Waals surface area contributed by atoms with Gasteiger partial charge >= 0.3 is 0 Å². The molecule has 3 aromatic heterocycles. The number of anilines is 4. The smallest absolute Gasteiger partial charge is 0.135 e. The summed E-state index contributed by atoms with van der Waals surface area (Å²) in [5.74, 6) is 1.84. The fourth-order valence-corrected chi connectivity index (χ4v) is 14.1. The maximum Gasteiger partial charge on any atom is 0.135 e. The van der Waals surface area contributed by atoms with E-state index < -0.39 is 0 Å². The van der Waals surface area contributed by atoms with Crippen LogP contribution in [-0.4, -0.2) is 9.55 Å². The molecular weight excluding hydrogens is 1390 g/mol. The number of rotatable bonds is 10. The van der Waals surface area contributed by atoms with Crippen LogP contribution in [0.5, 0.6) is 11.5 Å². The van der Waals surface area contributed by atoms with Gasteiger partial charge in [-0.15, -0.1) is 48.3 Å². The zero-order chi connectivity index (χ0) is 68.4. The Hall–Kier alpha value is -9.74. The number of furan rings is 1. The summed E-state index contributed by atoms with van der Waals surface area (Å²) in [6, 6.07) is 91.9. The Morgan fingerprint density at radius 3 is 1.45 bits per heavy atom. The van der Waals surface area contributed by atoms with E-state index in [0.29, 0.717) is 11.5 Å². The maximum absolute atomic E-state index is 7.43. The van der Waals surface area contributed by atoms with E-state index in [4.69, 9.17) is 14.1 Å². The van der Waals surface area contributed by atoms with Crippen LogP contribution in [0.4, 0.5) is 22.7 Å². The van der Waals surface area contributed by atoms with E-state index in [1.165, 1.54) is 38.9 Å². The second-order valence-electron chi connectivity index (χ2n) is 31.8. The van der Waals surface area contributed by atoms with Gasteiger partial charge in [-0.05, 0) is 142 Å². The van der Waals surface area contributed by atoms with Crippen LogP contribution in [0.15, 0.2) is 241 Å². The fourth-order valence-electron chi connectivity index (χ4n) is 14.1. The van der Waals surface area contributed by atoms with Crippen LogP contribution in [0.2, 0.25) is 0 Å². The molecule has 11 aromatic carbocycles. The van der Waals surface area contributed by atoms with Gasteiger partial charge in [0.15, 0.2) is 0 Å². The van der Waals surface area contributed by atoms with Crippen molar-refractivity contribution in [2.75, 3.05) is 9.80 Å². The summed E-state index contributed by atoms with van der Waals surface area (Å²) in [5, 5.41) is 4.10. The average Bonchev–Trinajstić information content (AvgIpc) is 1.59. The van der Waals surface area contributed by atoms with Gasteiger partial charge in [-0.2, -0.15) is 6.07 Å². The molecule has 0 bridgehead atoms. The molecule has 4 heterocycles. The molecule has 0 aliphatic carbocycles. The van der Waals surface area contributed by atoms with Crippen LogP contribution in [0.3, 0.4) is 0 Å². The minimum atomic E-state index is -0.128. The van der Waals surface area contributed by atoms with Gasteiger partial charge in [0.2, 0.25) is 0 Å². The van der Waals surface area contributed by atoms with Gasteiger partial charge in [0.1, 0.15) is 17.0 Å². The van der Waals surface area contributed by atoms with Gasteiger partial charge in [0.05, 0.1) is 0 Å². The Morgan fingerprint density at radius 1 is 0.394 bits per heavy atom. The normalized spacial score (nSPS) is 13.0. The van der Waals surface area contributed by atoms with Gasteiger partial charge < -0.3 is 23.5 Å². The van der Waals surface area contributed by atoms with Crippen LogP contribution in [0, 0.1) is 18.8 Å². The summed E-state index contributed by atoms with van der Waals surface area (Å²) >= 11 is 0. The molecule has 0 atom stereocenters. The van der Waals surface area contributed by atoms with Gasteiger partial charge in [-0.1, -0.05) is 279 Å². The molecule has 0 radical (unpaired) electrons. The van der Waals surface area contributed by atoms with Crippen molar-refractivity contribution in [1.82, 2.24) is 9.55 Å². The molecule has 99 heavy (non-hydrogen) atoms. The van der Waals surface area contributed by atoms with Crippen molar-refractivity contribution in [3.8, 4) is 73.0 Å². The molecule has 0 unspecified atom stereocenters. The summed E-state index contributed by atoms with van der Waals surface area (Å²) in [6.45, 7) is 36.9. The number of aromatic nitrogens is 2. The maximum atomic E-state index is 7.43. The second kappa shape index (κ2) is 24.9. The predicted molar refractivity (Wildman–Crippen MR) is 412 cm³/mol. The van der Waals surface area contributed by atoms with E-state index in [0.717, 1.165) is 117 Å². The zero-order valence-corrected chi connectivity index (χ0v) is 61.8. The molecule has 0 fully saturated rings. The van der Waals surface area contributed by atoms with E-state index in [1.807, 2.05) is 24.4 Å². The van der Waals surface area contributed by atoms with Crippen LogP contribution in [0.25, 0.3) is 105 Å². The number of pyridine rings is 1. The Kier molecular flexibility index (Phi) is 16.7. The van der Waals surface area contributed by atoms with E-state index in [2.05, 4.69) is 349 Å². The Labute approximate surface area is 599 Å². The van der Waals surface area contributed by atoms with Crippen molar-refractivity contribution in [1.29, 1.82) is 0 Å². The quantitative estimate of drug-likeness (QED) is 0.128. The van der Waals surface area contributed by atoms with Gasteiger partial charge in [0.25, 0.3) is 0 Å². The molecular formula is C92H85N4O2Pt-3. The van der Waals surface area contributed by atoms with Crippen LogP contribution >= 0.6 is 0 Å². The molecule has 15 rings (SSSR count). The number of hydrogen-bond donors (Lipinski definition) is 0. The molecule has 0 amide bonds. The Morgan fingerprint density at radius 2 is 0.899 bits per heavy atom. The summed E-state index contributed by atoms with van der Waals surface area (Å²) in [6.07, 6.45) is 1.92. The van der Waals surface area contributed by atoms with Crippen molar-refractivity contribution < 1.29 is 30.2 Å². The third-order valence-electron chi connectivity index (χ3n) is 19.7. The number of para-hydroxylation sites is 4. The molecule has 6 nitrogen and oxygen atoms in total. The SMILES string of the molecule is CC(C)(C)c1cc(-c2cccc(-c3cc(C(C)(C)C)cc(C(C)(C)C)c3)c2N2[CH-]N(c3[c-]c(Oc4[c-]c5c(cc4)c4c6oc7ccccc7c6ccc4n5-c4cc(C(C)(C)C)ccn4)cc(-c4c(-c5ccccc5)cccc4-c4ccccc4)c3)c3ccccc32)cc(C(C)(C)C)c1.[Pt]. The number of hydrogen-bond acceptors (Lipinski definition) is 5. The number of ether oxygens (including phenoxy) is 1. The minimum Gasteiger partial charge on any atom is -0.509 e. The number of fused-ring (bicyclic) bond motifs is 8. The van der Waals surface area contributed by atoms with Gasteiger partial charge in [-0.25, -0.2) is 4.98 Å². The molecule has 0 saturated carbocycles. The molecule has 14 aromatic rings. The number of nitrogens with zero attached hydrogens (tertiary/aromatic N) is 4. The standard InChI is InChI=1S/C92H85N4O2.Pt/c1-88(2,3)63-44-45-93-83(54-63)96-80-43-42-76-75-32-22-25-39-82(75)98-87(76)85(80)77-41-40-69(56-81(77)96)97-70-51-62(84-71(58-28-18-16-19-29-58)33-26-34-72(84)59-30-20-17-21-31-59)50-68(55-70)94-57-95(79-38-24-23-37-78(79)94)86-73(60-46-64(89(4,5)6)52-65(47-60)90(7,8)9)35-27-36-74(86)61-48-66(91(10,11)12)53-67(49-61)92(13,14)15;/h16-54,57H,1-15H3;/q-3;. The van der Waals surface area contributed by atoms with Crippen molar-refractivity contribution in [2.24, 2.45) is 0 Å². The number of benzene rings is 11. The summed E-state index contributed by atoms with van der Waals surface area (Å²) in [7, 11) is 0. The van der Waals surface area contributed by atoms with Crippen molar-refractivity contribution in [3.05, 3.63) is 283 Å². The first-order valence-corrected chi connectivity index (χ1v) is 34.5. The third kappa shape index (κ3) is 12.4. The van der Waals surface area contributed by atoms with Crippen molar-refractivity contribution >= 4 is 66.5 Å². The second-order valence-corrected chi connectivity index (χ2v) is 31.8. The topological polar surface area (TPSA) is 46.7 Å². The summed E-state index contributed by atoms with van der Waals surface area (Å²) in [5.41, 5.74) is 24.2. The molecule has 1 aliphatic heterocycles. The van der Waals surface area contributed by atoms with Gasteiger partial charge in [-0.3, -0.25) is 0 Å². The van der Waals surface area contributed by atoms with Crippen LogP contribution in [-0.2, 0) is 48.1 Å². The molecule has 0 spiro atoms. The summed E-state index contributed by atoms with van der Waals surface area (Å²) in [4.78, 5) is 9.85. The van der Waals surface area contributed by atoms with E-state index in [9.17, 15) is 0 Å². The van der Waals surface area contributed by atoms with Crippen molar-refractivity contribution in [2.45, 2.75) is 131 Å². The zero-order valence-electron chi connectivity index (χ0n) is 59.5. The van der Waals surface area contributed by atoms with E-state index >= 15 is 0 Å². The van der Waals surface area contributed by atoms with Crippen LogP contribution in [0.1, 0.15) is 132 Å². The first-order chi connectivity index (χ1) is 46.7. The minimum absolute atomic E-state index is 0. The molecule has 1 aliphatic rings. The molecule has 498 valence electrons. The molecule has 0 N–H and O–H groups in total. The van der Waals surface area contributed by atoms with E-state index in [1.54, 1.807) is 0 Å². The molecule has 7 heteroatoms. The first-order valence-electron chi connectivity index (χ1n) is 34.5. The monoisotopic (exact) mass is 1470 g/mol. The van der Waals surface area contributed by atoms with E-state index in [-0.39, 0.29) is 48.1 Å². The van der Waals surface area contributed by atoms with Gasteiger partial charge in [0, 0.05) is 83.2 Å². The Bertz CT molecular complexity index is 5210. The largest absolute Gasteiger partial charge is 0.509 e. The summed E-state index contributed by atoms with van der Waals surface area (Å²) < 4.78 is 16.5.